The van der Waals surface area contributed by atoms with Crippen LogP contribution in [-0.4, -0.2) is 10.8 Å². The molecule has 0 fully saturated rings. The van der Waals surface area contributed by atoms with Gasteiger partial charge in [-0.25, -0.2) is 0 Å². The van der Waals surface area contributed by atoms with Gasteiger partial charge >= 0.3 is 0 Å². The highest BCUT2D eigenvalue weighted by Crippen LogP contribution is 2.33. The average Bonchev–Trinajstić information content (AvgIpc) is 2.42. The number of hydrazone groups is 1. The second-order valence-electron chi connectivity index (χ2n) is 6.39. The SMILES string of the molecule is CC1=C/C(=N/NC(=S)NCc2ccccc2)CC(C)(C)C1. The van der Waals surface area contributed by atoms with Crippen LogP contribution in [0.4, 0.5) is 0 Å². The number of thiocarbonyl (C=S) groups is 1. The molecular formula is C17H23N3S. The van der Waals surface area contributed by atoms with E-state index >= 15 is 0 Å². The van der Waals surface area contributed by atoms with Gasteiger partial charge in [-0.2, -0.15) is 5.10 Å². The highest BCUT2D eigenvalue weighted by molar-refractivity contribution is 7.80. The van der Waals surface area contributed by atoms with Crippen LogP contribution in [0.2, 0.25) is 0 Å². The molecular weight excluding hydrogens is 278 g/mol. The second kappa shape index (κ2) is 6.85. The van der Waals surface area contributed by atoms with E-state index in [1.807, 2.05) is 18.2 Å². The second-order valence-corrected chi connectivity index (χ2v) is 6.80. The predicted octanol–water partition coefficient (Wildman–Crippen LogP) is 3.77. The smallest absolute Gasteiger partial charge is 0.187 e. The number of nitrogens with zero attached hydrogens (tertiary/aromatic N) is 1. The van der Waals surface area contributed by atoms with Gasteiger partial charge in [-0.15, -0.1) is 0 Å². The quantitative estimate of drug-likeness (QED) is 0.659. The van der Waals surface area contributed by atoms with Crippen molar-refractivity contribution in [1.29, 1.82) is 0 Å². The molecule has 4 heteroatoms. The number of hydrogen-bond acceptors (Lipinski definition) is 2. The van der Waals surface area contributed by atoms with E-state index in [1.54, 1.807) is 0 Å². The minimum Gasteiger partial charge on any atom is -0.357 e. The lowest BCUT2D eigenvalue weighted by Gasteiger charge is -2.29. The maximum absolute atomic E-state index is 5.26. The van der Waals surface area contributed by atoms with Crippen molar-refractivity contribution < 1.29 is 0 Å². The van der Waals surface area contributed by atoms with Crippen LogP contribution in [0.3, 0.4) is 0 Å². The molecule has 2 rings (SSSR count). The Morgan fingerprint density at radius 3 is 2.62 bits per heavy atom. The van der Waals surface area contributed by atoms with Gasteiger partial charge in [0.1, 0.15) is 0 Å². The summed E-state index contributed by atoms with van der Waals surface area (Å²) in [6.45, 7) is 7.40. The summed E-state index contributed by atoms with van der Waals surface area (Å²) in [5.74, 6) is 0. The highest BCUT2D eigenvalue weighted by atomic mass is 32.1. The normalized spacial score (nSPS) is 19.0. The number of hydrogen-bond donors (Lipinski definition) is 2. The van der Waals surface area contributed by atoms with Crippen molar-refractivity contribution in [3.8, 4) is 0 Å². The minimum absolute atomic E-state index is 0.276. The molecule has 3 nitrogen and oxygen atoms in total. The van der Waals surface area contributed by atoms with Gasteiger partial charge in [0.2, 0.25) is 0 Å². The molecule has 0 aliphatic heterocycles. The van der Waals surface area contributed by atoms with E-state index in [-0.39, 0.29) is 5.41 Å². The van der Waals surface area contributed by atoms with Crippen LogP contribution in [0.25, 0.3) is 0 Å². The average molecular weight is 301 g/mol. The zero-order valence-electron chi connectivity index (χ0n) is 12.9. The first-order valence-corrected chi connectivity index (χ1v) is 7.67. The molecule has 1 aliphatic carbocycles. The Balaban J connectivity index is 1.86. The van der Waals surface area contributed by atoms with Crippen LogP contribution in [0, 0.1) is 5.41 Å². The summed E-state index contributed by atoms with van der Waals surface area (Å²) in [6.07, 6.45) is 4.25. The third-order valence-corrected chi connectivity index (χ3v) is 3.66. The molecule has 1 aromatic rings. The molecule has 21 heavy (non-hydrogen) atoms. The molecule has 0 heterocycles. The Hall–Kier alpha value is -1.68. The highest BCUT2D eigenvalue weighted by Gasteiger charge is 2.24. The molecule has 1 aromatic carbocycles. The number of allylic oxidation sites excluding steroid dienone is 2. The van der Waals surface area contributed by atoms with E-state index in [1.165, 1.54) is 11.1 Å². The summed E-state index contributed by atoms with van der Waals surface area (Å²) in [4.78, 5) is 0. The summed E-state index contributed by atoms with van der Waals surface area (Å²) < 4.78 is 0. The molecule has 0 amide bonds. The van der Waals surface area contributed by atoms with Crippen LogP contribution in [0.15, 0.2) is 47.1 Å². The van der Waals surface area contributed by atoms with Crippen molar-refractivity contribution in [2.75, 3.05) is 0 Å². The summed E-state index contributed by atoms with van der Waals surface area (Å²) in [5, 5.41) is 8.15. The maximum Gasteiger partial charge on any atom is 0.187 e. The van der Waals surface area contributed by atoms with Crippen molar-refractivity contribution in [1.82, 2.24) is 10.7 Å². The predicted molar refractivity (Wildman–Crippen MR) is 93.2 cm³/mol. The van der Waals surface area contributed by atoms with E-state index in [9.17, 15) is 0 Å². The van der Waals surface area contributed by atoms with Gasteiger partial charge < -0.3 is 5.32 Å². The fourth-order valence-electron chi connectivity index (χ4n) is 2.71. The van der Waals surface area contributed by atoms with Crippen molar-refractivity contribution in [3.05, 3.63) is 47.5 Å². The van der Waals surface area contributed by atoms with Crippen LogP contribution >= 0.6 is 12.2 Å². The molecule has 112 valence electrons. The van der Waals surface area contributed by atoms with Gasteiger partial charge in [-0.3, -0.25) is 5.43 Å². The summed E-state index contributed by atoms with van der Waals surface area (Å²) in [7, 11) is 0. The molecule has 0 saturated heterocycles. The van der Waals surface area contributed by atoms with E-state index in [2.05, 4.69) is 54.8 Å². The Bertz CT molecular complexity index is 559. The molecule has 0 atom stereocenters. The maximum atomic E-state index is 5.26. The summed E-state index contributed by atoms with van der Waals surface area (Å²) in [6, 6.07) is 10.2. The number of nitrogens with one attached hydrogen (secondary N) is 2. The monoisotopic (exact) mass is 301 g/mol. The molecule has 1 aliphatic rings. The fraction of sp³-hybridized carbons (Fsp3) is 0.412. The van der Waals surface area contributed by atoms with E-state index in [0.717, 1.165) is 18.6 Å². The van der Waals surface area contributed by atoms with Crippen molar-refractivity contribution in [2.24, 2.45) is 10.5 Å². The Morgan fingerprint density at radius 1 is 1.24 bits per heavy atom. The Labute approximate surface area is 132 Å². The molecule has 0 radical (unpaired) electrons. The lowest BCUT2D eigenvalue weighted by molar-refractivity contribution is 0.373. The molecule has 0 saturated carbocycles. The fourth-order valence-corrected chi connectivity index (χ4v) is 2.82. The van der Waals surface area contributed by atoms with E-state index in [4.69, 9.17) is 12.2 Å². The van der Waals surface area contributed by atoms with E-state index in [0.29, 0.717) is 11.7 Å². The van der Waals surface area contributed by atoms with Crippen LogP contribution in [0.1, 0.15) is 39.2 Å². The molecule has 0 aromatic heterocycles. The lowest BCUT2D eigenvalue weighted by atomic mass is 9.77. The topological polar surface area (TPSA) is 36.4 Å². The zero-order valence-corrected chi connectivity index (χ0v) is 13.8. The molecule has 2 N–H and O–H groups in total. The summed E-state index contributed by atoms with van der Waals surface area (Å²) >= 11 is 5.26. The molecule has 0 bridgehead atoms. The molecule has 0 spiro atoms. The summed E-state index contributed by atoms with van der Waals surface area (Å²) in [5.41, 5.74) is 6.85. The van der Waals surface area contributed by atoms with Gasteiger partial charge in [0.25, 0.3) is 0 Å². The Morgan fingerprint density at radius 2 is 1.95 bits per heavy atom. The largest absolute Gasteiger partial charge is 0.357 e. The van der Waals surface area contributed by atoms with Gasteiger partial charge in [-0.1, -0.05) is 49.8 Å². The van der Waals surface area contributed by atoms with Gasteiger partial charge in [0, 0.05) is 6.54 Å². The Kier molecular flexibility index (Phi) is 5.12. The first-order valence-electron chi connectivity index (χ1n) is 7.26. The number of benzene rings is 1. The first-order chi connectivity index (χ1) is 9.94. The van der Waals surface area contributed by atoms with Gasteiger partial charge in [0.05, 0.1) is 5.71 Å². The number of rotatable bonds is 3. The van der Waals surface area contributed by atoms with Crippen molar-refractivity contribution in [3.63, 3.8) is 0 Å². The van der Waals surface area contributed by atoms with Gasteiger partial charge in [0.15, 0.2) is 5.11 Å². The van der Waals surface area contributed by atoms with Crippen molar-refractivity contribution >= 4 is 23.0 Å². The third kappa shape index (κ3) is 5.31. The minimum atomic E-state index is 0.276. The lowest BCUT2D eigenvalue weighted by Crippen LogP contribution is -2.33. The van der Waals surface area contributed by atoms with Crippen molar-refractivity contribution in [2.45, 2.75) is 40.2 Å². The van der Waals surface area contributed by atoms with Gasteiger partial charge in [-0.05, 0) is 49.0 Å². The first kappa shape index (κ1) is 15.7. The van der Waals surface area contributed by atoms with E-state index < -0.39 is 0 Å². The zero-order chi connectivity index (χ0) is 15.3. The third-order valence-electron chi connectivity index (χ3n) is 3.43. The van der Waals surface area contributed by atoms with Crippen LogP contribution in [0.5, 0.6) is 0 Å². The standard InChI is InChI=1S/C17H23N3S/c1-13-9-15(11-17(2,3)10-13)19-20-16(21)18-12-14-7-5-4-6-8-14/h4-9H,10-12H2,1-3H3,(H2,18,20,21)/b19-15-. The van der Waals surface area contributed by atoms with Crippen LogP contribution in [-0.2, 0) is 6.54 Å². The molecule has 0 unspecified atom stereocenters. The van der Waals surface area contributed by atoms with Crippen LogP contribution < -0.4 is 10.7 Å².